The molecule has 274 valence electrons. The van der Waals surface area contributed by atoms with Gasteiger partial charge < -0.3 is 20.1 Å². The van der Waals surface area contributed by atoms with Gasteiger partial charge >= 0.3 is 6.18 Å². The predicted molar refractivity (Wildman–Crippen MR) is 184 cm³/mol. The first-order valence-electron chi connectivity index (χ1n) is 16.3. The maximum Gasteiger partial charge on any atom is 0.416 e. The number of carbonyl (C=O) groups is 2. The van der Waals surface area contributed by atoms with Gasteiger partial charge in [0.2, 0.25) is 5.91 Å². The van der Waals surface area contributed by atoms with E-state index >= 15 is 0 Å². The van der Waals surface area contributed by atoms with Crippen molar-refractivity contribution >= 4 is 29.1 Å². The van der Waals surface area contributed by atoms with Gasteiger partial charge in [0.15, 0.2) is 5.82 Å². The number of hydrogen-bond acceptors (Lipinski definition) is 8. The molecule has 13 nitrogen and oxygen atoms in total. The van der Waals surface area contributed by atoms with E-state index in [0.717, 1.165) is 16.8 Å². The number of aromatic amines is 1. The Balaban J connectivity index is 1.39. The molecule has 52 heavy (non-hydrogen) atoms. The van der Waals surface area contributed by atoms with Crippen LogP contribution in [0.15, 0.2) is 59.7 Å². The van der Waals surface area contributed by atoms with Crippen LogP contribution in [0.25, 0.3) is 11.4 Å². The minimum absolute atomic E-state index is 0.0244. The first kappa shape index (κ1) is 36.7. The van der Waals surface area contributed by atoms with E-state index in [-0.39, 0.29) is 66.2 Å². The standard InChI is InChI=1S/C35H36ClF3N8O5/c1-20-15-26(41-19-40-20)31(49)46-13-11-34(12-14-46)29-27(18-52-34)43-45(4)30(21-5-7-22(8-6-21)33(2,3)51)44-47(32(29)50)17-28(48)42-25-10-9-23(16-24(25)36)35(37,38)39/h5-10,15-16,19,43,51H,11-14,17-18H2,1-4H3,(H,42,48). The van der Waals surface area contributed by atoms with E-state index in [0.29, 0.717) is 28.6 Å². The molecule has 1 saturated heterocycles. The third kappa shape index (κ3) is 7.45. The van der Waals surface area contributed by atoms with Gasteiger partial charge in [-0.3, -0.25) is 24.2 Å². The van der Waals surface area contributed by atoms with Crippen LogP contribution in [-0.2, 0) is 47.1 Å². The Hall–Kier alpha value is -5.06. The van der Waals surface area contributed by atoms with Crippen LogP contribution in [0.4, 0.5) is 18.9 Å². The minimum atomic E-state index is -4.64. The molecule has 17 heteroatoms. The number of aromatic nitrogens is 6. The van der Waals surface area contributed by atoms with Crippen LogP contribution < -0.4 is 10.9 Å². The number of likely N-dealkylation sites (tertiary alicyclic amines) is 1. The van der Waals surface area contributed by atoms with Crippen LogP contribution in [0.5, 0.6) is 0 Å². The number of H-pyrrole nitrogens is 1. The van der Waals surface area contributed by atoms with E-state index in [1.54, 1.807) is 67.7 Å². The summed E-state index contributed by atoms with van der Waals surface area (Å²) in [5, 5.41) is 20.5. The number of carbonyl (C=O) groups excluding carboxylic acids is 2. The number of hydrogen-bond donors (Lipinski definition) is 3. The SMILES string of the molecule is Cc1cc(C(=O)N2CCC3(CC2)OCc2[nH]n(C)c(-c4ccc(C(C)(C)O)cc4)nn(CC(=O)Nc4ccc(C(F)(F)F)cc4Cl)c(=O)c23)ncn1. The van der Waals surface area contributed by atoms with E-state index < -0.39 is 41.0 Å². The van der Waals surface area contributed by atoms with Crippen LogP contribution >= 0.6 is 11.6 Å². The molecular formula is C35H36ClF3N8O5. The molecule has 1 spiro atoms. The normalized spacial score (nSPS) is 15.4. The van der Waals surface area contributed by atoms with Crippen LogP contribution in [0.1, 0.15) is 65.3 Å². The monoisotopic (exact) mass is 740 g/mol. The van der Waals surface area contributed by atoms with Gasteiger partial charge in [0, 0.05) is 31.4 Å². The summed E-state index contributed by atoms with van der Waals surface area (Å²) in [6.45, 7) is 4.93. The van der Waals surface area contributed by atoms with Gasteiger partial charge in [0.25, 0.3) is 11.5 Å². The van der Waals surface area contributed by atoms with Crippen molar-refractivity contribution in [1.82, 2.24) is 34.4 Å². The number of alkyl halides is 3. The highest BCUT2D eigenvalue weighted by Gasteiger charge is 2.46. The molecule has 0 bridgehead atoms. The van der Waals surface area contributed by atoms with Gasteiger partial charge in [0.1, 0.15) is 24.2 Å². The summed E-state index contributed by atoms with van der Waals surface area (Å²) in [5.41, 5.74) is -1.19. The Morgan fingerprint density at radius 1 is 1.06 bits per heavy atom. The molecule has 0 saturated carbocycles. The number of fused-ring (bicyclic) bond motifs is 2. The molecule has 1 fully saturated rings. The topological polar surface area (TPSA) is 160 Å². The number of halogens is 4. The van der Waals surface area contributed by atoms with Gasteiger partial charge in [-0.05, 0) is 63.4 Å². The Bertz CT molecular complexity index is 2140. The largest absolute Gasteiger partial charge is 0.416 e. The lowest BCUT2D eigenvalue weighted by Gasteiger charge is -2.38. The number of piperidine rings is 1. The third-order valence-corrected chi connectivity index (χ3v) is 9.44. The van der Waals surface area contributed by atoms with E-state index in [1.807, 2.05) is 0 Å². The molecule has 0 radical (unpaired) electrons. The summed E-state index contributed by atoms with van der Waals surface area (Å²) < 4.78 is 48.6. The van der Waals surface area contributed by atoms with Gasteiger partial charge in [0.05, 0.1) is 39.7 Å². The van der Waals surface area contributed by atoms with Gasteiger partial charge in [-0.2, -0.15) is 13.2 Å². The highest BCUT2D eigenvalue weighted by atomic mass is 35.5. The summed E-state index contributed by atoms with van der Waals surface area (Å²) in [7, 11) is 1.68. The number of nitrogens with zero attached hydrogens (tertiary/aromatic N) is 6. The third-order valence-electron chi connectivity index (χ3n) is 9.13. The number of aryl methyl sites for hydroxylation is 2. The maximum absolute atomic E-state index is 14.6. The molecule has 2 aliphatic heterocycles. The highest BCUT2D eigenvalue weighted by Crippen LogP contribution is 2.42. The van der Waals surface area contributed by atoms with Crippen molar-refractivity contribution in [3.63, 3.8) is 0 Å². The van der Waals surface area contributed by atoms with Crippen molar-refractivity contribution < 1.29 is 32.6 Å². The van der Waals surface area contributed by atoms with E-state index in [1.165, 1.54) is 6.33 Å². The Morgan fingerprint density at radius 3 is 2.35 bits per heavy atom. The van der Waals surface area contributed by atoms with Crippen molar-refractivity contribution in [1.29, 1.82) is 0 Å². The summed E-state index contributed by atoms with van der Waals surface area (Å²) in [5.74, 6) is -0.814. The molecule has 0 unspecified atom stereocenters. The van der Waals surface area contributed by atoms with E-state index in [2.05, 4.69) is 25.5 Å². The molecule has 4 aromatic rings. The highest BCUT2D eigenvalue weighted by molar-refractivity contribution is 6.33. The lowest BCUT2D eigenvalue weighted by Crippen LogP contribution is -2.47. The molecule has 2 aromatic heterocycles. The van der Waals surface area contributed by atoms with Crippen LogP contribution in [0.2, 0.25) is 5.02 Å². The fourth-order valence-electron chi connectivity index (χ4n) is 6.36. The Kier molecular flexibility index (Phi) is 9.76. The smallest absolute Gasteiger partial charge is 0.386 e. The molecule has 0 aliphatic carbocycles. The fourth-order valence-corrected chi connectivity index (χ4v) is 6.58. The lowest BCUT2D eigenvalue weighted by molar-refractivity contribution is -0.137. The first-order chi connectivity index (χ1) is 24.4. The first-order valence-corrected chi connectivity index (χ1v) is 16.7. The molecule has 4 heterocycles. The number of benzene rings is 2. The number of anilines is 1. The van der Waals surface area contributed by atoms with Crippen molar-refractivity contribution in [2.24, 2.45) is 7.05 Å². The average molecular weight is 741 g/mol. The zero-order valence-corrected chi connectivity index (χ0v) is 29.5. The number of nitrogens with one attached hydrogen (secondary N) is 2. The molecule has 2 aromatic carbocycles. The second-order valence-corrected chi connectivity index (χ2v) is 13.7. The predicted octanol–water partition coefficient (Wildman–Crippen LogP) is 5.00. The summed E-state index contributed by atoms with van der Waals surface area (Å²) in [4.78, 5) is 51.1. The number of aliphatic hydroxyl groups is 1. The summed E-state index contributed by atoms with van der Waals surface area (Å²) >= 11 is 6.10. The molecule has 6 rings (SSSR count). The van der Waals surface area contributed by atoms with Gasteiger partial charge in [-0.1, -0.05) is 35.9 Å². The van der Waals surface area contributed by atoms with E-state index in [9.17, 15) is 32.7 Å². The van der Waals surface area contributed by atoms with Gasteiger partial charge in [-0.25, -0.2) is 14.6 Å². The second kappa shape index (κ2) is 13.8. The van der Waals surface area contributed by atoms with Crippen molar-refractivity contribution in [3.8, 4) is 11.4 Å². The minimum Gasteiger partial charge on any atom is -0.386 e. The zero-order valence-electron chi connectivity index (χ0n) is 28.7. The van der Waals surface area contributed by atoms with Crippen LogP contribution in [-0.4, -0.2) is 64.4 Å². The second-order valence-electron chi connectivity index (χ2n) is 13.3. The Labute approximate surface area is 300 Å². The van der Waals surface area contributed by atoms with Crippen molar-refractivity contribution in [2.75, 3.05) is 18.4 Å². The summed E-state index contributed by atoms with van der Waals surface area (Å²) in [6, 6.07) is 11.0. The molecule has 2 amide bonds. The average Bonchev–Trinajstić information content (AvgIpc) is 3.41. The van der Waals surface area contributed by atoms with E-state index in [4.69, 9.17) is 16.3 Å². The Morgan fingerprint density at radius 2 is 1.73 bits per heavy atom. The molecule has 3 N–H and O–H groups in total. The molecule has 2 aliphatic rings. The number of ether oxygens (including phenoxy) is 1. The fraction of sp³-hybridized carbons (Fsp3) is 0.371. The maximum atomic E-state index is 14.6. The van der Waals surface area contributed by atoms with Crippen LogP contribution in [0, 0.1) is 6.92 Å². The van der Waals surface area contributed by atoms with Crippen molar-refractivity contribution in [3.05, 3.63) is 104 Å². The quantitative estimate of drug-likeness (QED) is 0.249. The summed E-state index contributed by atoms with van der Waals surface area (Å²) in [6.07, 6.45) is -2.79. The zero-order chi connectivity index (χ0) is 37.6. The van der Waals surface area contributed by atoms with Crippen LogP contribution in [0.3, 0.4) is 0 Å². The number of amides is 2. The lowest BCUT2D eigenvalue weighted by atomic mass is 9.85. The van der Waals surface area contributed by atoms with Crippen molar-refractivity contribution in [2.45, 2.75) is 64.1 Å². The molecule has 0 atom stereocenters. The number of rotatable bonds is 6. The molecular weight excluding hydrogens is 705 g/mol. The van der Waals surface area contributed by atoms with Gasteiger partial charge in [-0.15, -0.1) is 5.10 Å².